The van der Waals surface area contributed by atoms with Gasteiger partial charge in [0.05, 0.1) is 17.6 Å². The fraction of sp³-hybridized carbons (Fsp3) is 0.185. The molecule has 0 saturated heterocycles. The van der Waals surface area contributed by atoms with E-state index in [1.165, 1.54) is 36.4 Å². The van der Waals surface area contributed by atoms with Crippen molar-refractivity contribution in [3.63, 3.8) is 0 Å². The molecule has 4 aromatic rings. The molecule has 37 heavy (non-hydrogen) atoms. The van der Waals surface area contributed by atoms with E-state index in [0.717, 1.165) is 5.56 Å². The molecule has 0 spiro atoms. The minimum absolute atomic E-state index is 0.00533. The van der Waals surface area contributed by atoms with E-state index < -0.39 is 11.9 Å². The molecular weight excluding hydrogens is 503 g/mol. The number of fused-ring (bicyclic) bond motifs is 1. The Morgan fingerprint density at radius 2 is 1.68 bits per heavy atom. The third-order valence-corrected chi connectivity index (χ3v) is 6.58. The number of aromatic nitrogens is 2. The van der Waals surface area contributed by atoms with E-state index in [0.29, 0.717) is 41.7 Å². The minimum Gasteiger partial charge on any atom is -0.340 e. The molecule has 0 unspecified atom stereocenters. The van der Waals surface area contributed by atoms with Crippen molar-refractivity contribution in [2.24, 2.45) is 5.73 Å². The molecule has 0 saturated carbocycles. The molecule has 2 heterocycles. The average molecular weight is 526 g/mol. The first-order chi connectivity index (χ1) is 17.8. The van der Waals surface area contributed by atoms with Crippen molar-refractivity contribution >= 4 is 29.0 Å². The lowest BCUT2D eigenvalue weighted by Gasteiger charge is -2.30. The Labute approximate surface area is 216 Å². The van der Waals surface area contributed by atoms with Gasteiger partial charge in [0, 0.05) is 24.3 Å². The zero-order chi connectivity index (χ0) is 26.1. The van der Waals surface area contributed by atoms with E-state index in [4.69, 9.17) is 22.3 Å². The zero-order valence-electron chi connectivity index (χ0n) is 19.6. The van der Waals surface area contributed by atoms with Crippen LogP contribution in [0.2, 0.25) is 5.02 Å². The molecule has 1 amide bonds. The monoisotopic (exact) mass is 525 g/mol. The number of halogens is 4. The van der Waals surface area contributed by atoms with Crippen molar-refractivity contribution in [3.05, 3.63) is 101 Å². The summed E-state index contributed by atoms with van der Waals surface area (Å²) < 4.78 is 42.8. The molecule has 3 aromatic carbocycles. The molecule has 1 atom stereocenters. The number of carbonyl (C=O) groups is 1. The van der Waals surface area contributed by atoms with Gasteiger partial charge in [-0.15, -0.1) is 0 Å². The average Bonchev–Trinajstić information content (AvgIpc) is 3.25. The SMILES string of the molecule is N[C@@H](Cc1ccc(F)cc1)C(=O)N1CCn2c(nc(-c3ccc(F)cc3)c2Nc2ccc(Cl)c(F)c2)C1. The number of rotatable bonds is 6. The predicted molar refractivity (Wildman–Crippen MR) is 136 cm³/mol. The number of hydrogen-bond donors (Lipinski definition) is 2. The minimum atomic E-state index is -0.793. The van der Waals surface area contributed by atoms with Crippen LogP contribution in [-0.2, 0) is 24.3 Å². The topological polar surface area (TPSA) is 76.2 Å². The number of nitrogens with two attached hydrogens (primary N) is 1. The summed E-state index contributed by atoms with van der Waals surface area (Å²) >= 11 is 5.83. The van der Waals surface area contributed by atoms with Gasteiger partial charge in [-0.3, -0.25) is 4.79 Å². The van der Waals surface area contributed by atoms with Gasteiger partial charge in [0.15, 0.2) is 0 Å². The van der Waals surface area contributed by atoms with Crippen molar-refractivity contribution in [2.45, 2.75) is 25.6 Å². The van der Waals surface area contributed by atoms with Gasteiger partial charge >= 0.3 is 0 Å². The van der Waals surface area contributed by atoms with Crippen LogP contribution in [0.3, 0.4) is 0 Å². The summed E-state index contributed by atoms with van der Waals surface area (Å²) in [5, 5.41) is 3.22. The van der Waals surface area contributed by atoms with Crippen LogP contribution in [-0.4, -0.2) is 32.9 Å². The highest BCUT2D eigenvalue weighted by Gasteiger charge is 2.29. The lowest BCUT2D eigenvalue weighted by atomic mass is 10.1. The molecule has 10 heteroatoms. The van der Waals surface area contributed by atoms with Gasteiger partial charge in [0.1, 0.15) is 34.8 Å². The first-order valence-electron chi connectivity index (χ1n) is 11.6. The number of imidazole rings is 1. The third kappa shape index (κ3) is 5.33. The number of benzene rings is 3. The second kappa shape index (κ2) is 10.3. The van der Waals surface area contributed by atoms with E-state index in [1.807, 2.05) is 4.57 Å². The Morgan fingerprint density at radius 1 is 1.00 bits per heavy atom. The van der Waals surface area contributed by atoms with E-state index in [1.54, 1.807) is 35.2 Å². The summed E-state index contributed by atoms with van der Waals surface area (Å²) in [7, 11) is 0. The fourth-order valence-electron chi connectivity index (χ4n) is 4.36. The van der Waals surface area contributed by atoms with Gasteiger partial charge in [-0.2, -0.15) is 0 Å². The van der Waals surface area contributed by atoms with Crippen molar-refractivity contribution in [1.82, 2.24) is 14.5 Å². The summed E-state index contributed by atoms with van der Waals surface area (Å²) in [6, 6.07) is 15.4. The summed E-state index contributed by atoms with van der Waals surface area (Å²) in [6.07, 6.45) is 0.278. The summed E-state index contributed by atoms with van der Waals surface area (Å²) in [5.74, 6) is -0.351. The van der Waals surface area contributed by atoms with Crippen LogP contribution in [0.15, 0.2) is 66.7 Å². The Balaban J connectivity index is 1.42. The molecule has 0 bridgehead atoms. The summed E-state index contributed by atoms with van der Waals surface area (Å²) in [4.78, 5) is 19.5. The molecule has 6 nitrogen and oxygen atoms in total. The van der Waals surface area contributed by atoms with Gasteiger partial charge in [0.2, 0.25) is 5.91 Å². The molecule has 0 aliphatic carbocycles. The normalized spacial score (nSPS) is 13.8. The van der Waals surface area contributed by atoms with E-state index in [-0.39, 0.29) is 35.5 Å². The van der Waals surface area contributed by atoms with E-state index in [9.17, 15) is 18.0 Å². The first kappa shape index (κ1) is 24.9. The van der Waals surface area contributed by atoms with Gasteiger partial charge in [-0.1, -0.05) is 23.7 Å². The van der Waals surface area contributed by atoms with E-state index in [2.05, 4.69) is 5.32 Å². The maximum absolute atomic E-state index is 14.1. The zero-order valence-corrected chi connectivity index (χ0v) is 20.4. The number of nitrogens with zero attached hydrogens (tertiary/aromatic N) is 3. The number of nitrogens with one attached hydrogen (secondary N) is 1. The Hall–Kier alpha value is -3.82. The van der Waals surface area contributed by atoms with Gasteiger partial charge in [-0.05, 0) is 66.6 Å². The lowest BCUT2D eigenvalue weighted by Crippen LogP contribution is -2.47. The second-order valence-corrected chi connectivity index (χ2v) is 9.24. The lowest BCUT2D eigenvalue weighted by molar-refractivity contribution is -0.134. The van der Waals surface area contributed by atoms with Crippen molar-refractivity contribution in [1.29, 1.82) is 0 Å². The van der Waals surface area contributed by atoms with Crippen LogP contribution in [0, 0.1) is 17.5 Å². The molecule has 0 radical (unpaired) electrons. The highest BCUT2D eigenvalue weighted by Crippen LogP contribution is 2.34. The number of carbonyl (C=O) groups excluding carboxylic acids is 1. The summed E-state index contributed by atoms with van der Waals surface area (Å²) in [5.41, 5.74) is 8.63. The molecule has 190 valence electrons. The van der Waals surface area contributed by atoms with E-state index >= 15 is 0 Å². The number of anilines is 2. The largest absolute Gasteiger partial charge is 0.340 e. The number of hydrogen-bond acceptors (Lipinski definition) is 4. The molecule has 0 fully saturated rings. The maximum Gasteiger partial charge on any atom is 0.240 e. The van der Waals surface area contributed by atoms with Crippen LogP contribution in [0.25, 0.3) is 11.3 Å². The van der Waals surface area contributed by atoms with Gasteiger partial charge in [-0.25, -0.2) is 18.2 Å². The Bertz CT molecular complexity index is 1440. The predicted octanol–water partition coefficient (Wildman–Crippen LogP) is 5.28. The van der Waals surface area contributed by atoms with Gasteiger partial charge in [0.25, 0.3) is 0 Å². The summed E-state index contributed by atoms with van der Waals surface area (Å²) in [6.45, 7) is 1.00. The standard InChI is InChI=1S/C27H23ClF3N5O/c28-21-10-9-20(14-22(21)31)33-26-25(17-3-7-19(30)8-4-17)34-24-15-35(11-12-36(24)26)27(37)23(32)13-16-1-5-18(29)6-2-16/h1-10,14,23,33H,11-13,15,32H2/t23-/m0/s1. The van der Waals surface area contributed by atoms with Crippen molar-refractivity contribution < 1.29 is 18.0 Å². The number of amides is 1. The molecule has 3 N–H and O–H groups in total. The van der Waals surface area contributed by atoms with Crippen LogP contribution >= 0.6 is 11.6 Å². The highest BCUT2D eigenvalue weighted by molar-refractivity contribution is 6.30. The Kier molecular flexibility index (Phi) is 6.90. The maximum atomic E-state index is 14.1. The highest BCUT2D eigenvalue weighted by atomic mass is 35.5. The molecule has 1 aliphatic rings. The van der Waals surface area contributed by atoms with Crippen LogP contribution in [0.4, 0.5) is 24.7 Å². The van der Waals surface area contributed by atoms with Crippen molar-refractivity contribution in [2.75, 3.05) is 11.9 Å². The van der Waals surface area contributed by atoms with Crippen LogP contribution < -0.4 is 11.1 Å². The quantitative estimate of drug-likeness (QED) is 0.359. The van der Waals surface area contributed by atoms with Crippen LogP contribution in [0.5, 0.6) is 0 Å². The van der Waals surface area contributed by atoms with Crippen LogP contribution in [0.1, 0.15) is 11.4 Å². The first-order valence-corrected chi connectivity index (χ1v) is 12.0. The molecule has 1 aliphatic heterocycles. The van der Waals surface area contributed by atoms with Gasteiger partial charge < -0.3 is 20.5 Å². The molecule has 1 aromatic heterocycles. The molecular formula is C27H23ClF3N5O. The Morgan fingerprint density at radius 3 is 2.35 bits per heavy atom. The fourth-order valence-corrected chi connectivity index (χ4v) is 4.48. The molecule has 5 rings (SSSR count). The smallest absolute Gasteiger partial charge is 0.240 e. The van der Waals surface area contributed by atoms with Crippen molar-refractivity contribution in [3.8, 4) is 11.3 Å². The third-order valence-electron chi connectivity index (χ3n) is 6.27. The second-order valence-electron chi connectivity index (χ2n) is 8.83.